The fraction of sp³-hybridized carbons (Fsp3) is 0.214. The van der Waals surface area contributed by atoms with Gasteiger partial charge in [-0.2, -0.15) is 15.8 Å². The van der Waals surface area contributed by atoms with Crippen molar-refractivity contribution in [3.05, 3.63) is 39.7 Å². The first-order valence-electron chi connectivity index (χ1n) is 5.41. The topological polar surface area (TPSA) is 75.8 Å². The highest BCUT2D eigenvalue weighted by Crippen LogP contribution is 2.28. The lowest BCUT2D eigenvalue weighted by atomic mass is 10.0. The minimum atomic E-state index is 0.160. The predicted molar refractivity (Wildman–Crippen MR) is 65.8 cm³/mol. The lowest BCUT2D eigenvalue weighted by Crippen LogP contribution is -1.98. The van der Waals surface area contributed by atoms with E-state index < -0.39 is 0 Å². The monoisotopic (exact) mass is 234 g/mol. The van der Waals surface area contributed by atoms with Crippen LogP contribution in [0.15, 0.2) is 6.20 Å². The minimum Gasteiger partial charge on any atom is -0.318 e. The van der Waals surface area contributed by atoms with Gasteiger partial charge in [0, 0.05) is 11.9 Å². The van der Waals surface area contributed by atoms with Crippen LogP contribution < -0.4 is 0 Å². The van der Waals surface area contributed by atoms with Crippen LogP contribution in [0.5, 0.6) is 0 Å². The van der Waals surface area contributed by atoms with E-state index in [0.29, 0.717) is 0 Å². The van der Waals surface area contributed by atoms with Gasteiger partial charge in [-0.15, -0.1) is 0 Å². The normalized spacial score (nSPS) is 9.78. The number of rotatable bonds is 0. The van der Waals surface area contributed by atoms with Crippen molar-refractivity contribution in [2.75, 3.05) is 0 Å². The molecule has 0 saturated carbocycles. The molecule has 0 aliphatic rings. The van der Waals surface area contributed by atoms with Crippen LogP contribution in [-0.2, 0) is 0 Å². The molecule has 18 heavy (non-hydrogen) atoms. The van der Waals surface area contributed by atoms with Crippen LogP contribution in [0.4, 0.5) is 0 Å². The maximum atomic E-state index is 9.27. The van der Waals surface area contributed by atoms with E-state index in [4.69, 9.17) is 10.5 Å². The molecule has 0 fully saturated rings. The fourth-order valence-electron chi connectivity index (χ4n) is 2.20. The first kappa shape index (κ1) is 11.7. The van der Waals surface area contributed by atoms with Gasteiger partial charge in [-0.05, 0) is 31.9 Å². The van der Waals surface area contributed by atoms with Crippen molar-refractivity contribution >= 4 is 5.52 Å². The molecule has 0 N–H and O–H groups in total. The quantitative estimate of drug-likeness (QED) is 0.702. The van der Waals surface area contributed by atoms with Gasteiger partial charge in [0.1, 0.15) is 18.2 Å². The third-order valence-electron chi connectivity index (χ3n) is 3.42. The van der Waals surface area contributed by atoms with Crippen LogP contribution in [-0.4, -0.2) is 4.40 Å². The smallest absolute Gasteiger partial charge is 0.103 e. The highest BCUT2D eigenvalue weighted by atomic mass is 14.9. The van der Waals surface area contributed by atoms with E-state index in [-0.39, 0.29) is 16.7 Å². The minimum absolute atomic E-state index is 0.160. The van der Waals surface area contributed by atoms with Gasteiger partial charge in [0.05, 0.1) is 22.2 Å². The second kappa shape index (κ2) is 3.91. The first-order valence-corrected chi connectivity index (χ1v) is 5.41. The van der Waals surface area contributed by atoms with E-state index in [2.05, 4.69) is 6.07 Å². The Hall–Kier alpha value is -2.77. The van der Waals surface area contributed by atoms with Crippen molar-refractivity contribution in [1.82, 2.24) is 4.40 Å². The van der Waals surface area contributed by atoms with Crippen LogP contribution in [0, 0.1) is 54.8 Å². The molecule has 2 heterocycles. The van der Waals surface area contributed by atoms with Crippen LogP contribution >= 0.6 is 0 Å². The van der Waals surface area contributed by atoms with E-state index in [0.717, 1.165) is 22.3 Å². The third-order valence-corrected chi connectivity index (χ3v) is 3.42. The number of nitriles is 3. The largest absolute Gasteiger partial charge is 0.318 e. The molecule has 2 aromatic heterocycles. The van der Waals surface area contributed by atoms with Gasteiger partial charge in [-0.3, -0.25) is 0 Å². The van der Waals surface area contributed by atoms with Crippen molar-refractivity contribution in [2.24, 2.45) is 0 Å². The predicted octanol–water partition coefficient (Wildman–Crippen LogP) is 2.48. The molecule has 0 unspecified atom stereocenters. The SMILES string of the molecule is Cc1c(C)c2c(C#N)c(C#N)c(C#N)cn2c1C. The molecule has 2 rings (SSSR count). The summed E-state index contributed by atoms with van der Waals surface area (Å²) < 4.78 is 1.82. The molecule has 0 aliphatic heterocycles. The Balaban J connectivity index is 3.17. The van der Waals surface area contributed by atoms with E-state index in [9.17, 15) is 5.26 Å². The fourth-order valence-corrected chi connectivity index (χ4v) is 2.20. The van der Waals surface area contributed by atoms with E-state index in [1.54, 1.807) is 6.20 Å². The average Bonchev–Trinajstić information content (AvgIpc) is 2.61. The summed E-state index contributed by atoms with van der Waals surface area (Å²) in [6.07, 6.45) is 1.63. The number of pyridine rings is 1. The summed E-state index contributed by atoms with van der Waals surface area (Å²) in [5.74, 6) is 0. The summed E-state index contributed by atoms with van der Waals surface area (Å²) in [5.41, 5.74) is 4.44. The maximum Gasteiger partial charge on any atom is 0.103 e. The molecular formula is C14H10N4. The van der Waals surface area contributed by atoms with Gasteiger partial charge in [0.25, 0.3) is 0 Å². The molecule has 0 spiro atoms. The van der Waals surface area contributed by atoms with Gasteiger partial charge in [-0.1, -0.05) is 0 Å². The first-order chi connectivity index (χ1) is 8.56. The van der Waals surface area contributed by atoms with Gasteiger partial charge in [-0.25, -0.2) is 0 Å². The van der Waals surface area contributed by atoms with E-state index in [1.807, 2.05) is 37.3 Å². The second-order valence-corrected chi connectivity index (χ2v) is 4.18. The Morgan fingerprint density at radius 1 is 0.889 bits per heavy atom. The van der Waals surface area contributed by atoms with E-state index in [1.165, 1.54) is 0 Å². The summed E-state index contributed by atoms with van der Waals surface area (Å²) in [7, 11) is 0. The molecule has 0 radical (unpaired) electrons. The molecule has 0 atom stereocenters. The van der Waals surface area contributed by atoms with Gasteiger partial charge < -0.3 is 4.40 Å². The molecule has 0 saturated heterocycles. The van der Waals surface area contributed by atoms with Gasteiger partial charge >= 0.3 is 0 Å². The molecule has 0 amide bonds. The molecule has 4 nitrogen and oxygen atoms in total. The molecule has 2 aromatic rings. The number of hydrogen-bond acceptors (Lipinski definition) is 3. The summed E-state index contributed by atoms with van der Waals surface area (Å²) >= 11 is 0. The molecule has 86 valence electrons. The number of nitrogens with zero attached hydrogens (tertiary/aromatic N) is 4. The van der Waals surface area contributed by atoms with Crippen LogP contribution in [0.1, 0.15) is 33.5 Å². The molecule has 4 heteroatoms. The van der Waals surface area contributed by atoms with E-state index >= 15 is 0 Å². The number of hydrogen-bond donors (Lipinski definition) is 0. The lowest BCUT2D eigenvalue weighted by molar-refractivity contribution is 1.08. The number of aromatic nitrogens is 1. The molecule has 0 aliphatic carbocycles. The lowest BCUT2D eigenvalue weighted by Gasteiger charge is -2.04. The number of aryl methyl sites for hydroxylation is 2. The zero-order valence-corrected chi connectivity index (χ0v) is 10.4. The van der Waals surface area contributed by atoms with Gasteiger partial charge in [0.15, 0.2) is 0 Å². The van der Waals surface area contributed by atoms with Crippen LogP contribution in [0.2, 0.25) is 0 Å². The number of fused-ring (bicyclic) bond motifs is 1. The zero-order chi connectivity index (χ0) is 13.4. The zero-order valence-electron chi connectivity index (χ0n) is 10.4. The highest BCUT2D eigenvalue weighted by molar-refractivity contribution is 5.75. The Morgan fingerprint density at radius 3 is 2.00 bits per heavy atom. The Bertz CT molecular complexity index is 789. The Morgan fingerprint density at radius 2 is 1.50 bits per heavy atom. The second-order valence-electron chi connectivity index (χ2n) is 4.18. The Kier molecular flexibility index (Phi) is 2.55. The molecule has 0 aromatic carbocycles. The summed E-state index contributed by atoms with van der Waals surface area (Å²) in [6, 6.07) is 5.98. The standard InChI is InChI=1S/C14H10N4/c1-8-9(2)14-13(6-17)12(5-16)11(4-15)7-18(14)10(8)3/h7H,1-3H3. The van der Waals surface area contributed by atoms with Crippen LogP contribution in [0.25, 0.3) is 5.52 Å². The van der Waals surface area contributed by atoms with Crippen molar-refractivity contribution in [3.63, 3.8) is 0 Å². The summed E-state index contributed by atoms with van der Waals surface area (Å²) in [6.45, 7) is 5.83. The van der Waals surface area contributed by atoms with Crippen LogP contribution in [0.3, 0.4) is 0 Å². The molecule has 0 bridgehead atoms. The molecular weight excluding hydrogens is 224 g/mol. The van der Waals surface area contributed by atoms with Crippen molar-refractivity contribution in [2.45, 2.75) is 20.8 Å². The van der Waals surface area contributed by atoms with Crippen molar-refractivity contribution in [3.8, 4) is 18.2 Å². The summed E-state index contributed by atoms with van der Waals surface area (Å²) in [4.78, 5) is 0. The maximum absolute atomic E-state index is 9.27. The summed E-state index contributed by atoms with van der Waals surface area (Å²) in [5, 5.41) is 27.5. The third kappa shape index (κ3) is 1.29. The average molecular weight is 234 g/mol. The van der Waals surface area contributed by atoms with Crippen molar-refractivity contribution < 1.29 is 0 Å². The highest BCUT2D eigenvalue weighted by Gasteiger charge is 2.18. The Labute approximate surface area is 105 Å². The van der Waals surface area contributed by atoms with Gasteiger partial charge in [0.2, 0.25) is 0 Å². The van der Waals surface area contributed by atoms with Crippen molar-refractivity contribution in [1.29, 1.82) is 15.8 Å².